The Morgan fingerprint density at radius 3 is 2.53 bits per heavy atom. The summed E-state index contributed by atoms with van der Waals surface area (Å²) in [6.07, 6.45) is 2.66. The summed E-state index contributed by atoms with van der Waals surface area (Å²) in [6, 6.07) is 0.0127. The van der Waals surface area contributed by atoms with Crippen molar-refractivity contribution in [3.63, 3.8) is 0 Å². The van der Waals surface area contributed by atoms with Crippen molar-refractivity contribution in [2.24, 2.45) is 0 Å². The van der Waals surface area contributed by atoms with E-state index in [1.807, 2.05) is 27.7 Å². The maximum atomic E-state index is 11.9. The molecule has 1 unspecified atom stereocenters. The number of hydroxylamine groups is 2. The molecule has 0 radical (unpaired) electrons. The van der Waals surface area contributed by atoms with Crippen molar-refractivity contribution < 1.29 is 19.5 Å². The van der Waals surface area contributed by atoms with Gasteiger partial charge in [0.2, 0.25) is 0 Å². The third-order valence-electron chi connectivity index (χ3n) is 2.44. The Bertz CT molecular complexity index is 317. The summed E-state index contributed by atoms with van der Waals surface area (Å²) in [5.41, 5.74) is -0.485. The molecule has 19 heavy (non-hydrogen) atoms. The Kier molecular flexibility index (Phi) is 5.66. The van der Waals surface area contributed by atoms with Crippen molar-refractivity contribution in [2.75, 3.05) is 19.6 Å². The second kappa shape index (κ2) is 6.49. The molecule has 0 spiro atoms. The number of carbonyl (C=O) groups is 1. The van der Waals surface area contributed by atoms with Crippen molar-refractivity contribution in [3.8, 4) is 0 Å². The molecule has 1 aliphatic rings. The number of hydrogen-bond donors (Lipinski definition) is 1. The molecule has 1 heterocycles. The molecule has 1 N–H and O–H groups in total. The van der Waals surface area contributed by atoms with Gasteiger partial charge in [0, 0.05) is 19.6 Å². The Morgan fingerprint density at radius 2 is 2.05 bits per heavy atom. The summed E-state index contributed by atoms with van der Waals surface area (Å²) in [7, 11) is 0. The smallest absolute Gasteiger partial charge is 0.410 e. The minimum absolute atomic E-state index is 0. The van der Waals surface area contributed by atoms with Crippen LogP contribution in [0.4, 0.5) is 4.79 Å². The quantitative estimate of drug-likeness (QED) is 0.449. The van der Waals surface area contributed by atoms with Crippen molar-refractivity contribution >= 4 is 6.09 Å². The molecule has 1 atom stereocenters. The van der Waals surface area contributed by atoms with Crippen molar-refractivity contribution in [2.45, 2.75) is 39.3 Å². The van der Waals surface area contributed by atoms with Crippen molar-refractivity contribution in [3.05, 3.63) is 12.5 Å². The van der Waals surface area contributed by atoms with Crippen LogP contribution in [0.15, 0.2) is 6.26 Å². The summed E-state index contributed by atoms with van der Waals surface area (Å²) in [5, 5.41) is 10.1. The van der Waals surface area contributed by atoms with Gasteiger partial charge >= 0.3 is 6.09 Å². The Balaban J connectivity index is 0.00000324. The van der Waals surface area contributed by atoms with Gasteiger partial charge in [-0.3, -0.25) is 0 Å². The monoisotopic (exact) mass is 514 g/mol. The standard InChI is InChI=1S/C12H21N2O4.Fm/c1-10-9-13(11(16)18-12(2,3)4)5-6-14(10)17-8-7-15;/h7,10,15H,5-6,9H2,1-4H3;/q-1;. The molecule has 116 valence electrons. The number of aliphatic hydroxyl groups is 1. The van der Waals surface area contributed by atoms with Gasteiger partial charge in [-0.05, 0) is 27.7 Å². The minimum atomic E-state index is -0.485. The number of piperazine rings is 1. The van der Waals surface area contributed by atoms with Gasteiger partial charge in [-0.2, -0.15) is 5.06 Å². The number of rotatable bonds is 2. The van der Waals surface area contributed by atoms with E-state index < -0.39 is 5.60 Å². The van der Waals surface area contributed by atoms with E-state index in [0.29, 0.717) is 25.9 Å². The molecule has 1 rings (SSSR count). The molecule has 1 amide bonds. The predicted molar refractivity (Wildman–Crippen MR) is 65.5 cm³/mol. The van der Waals surface area contributed by atoms with E-state index >= 15 is 0 Å². The van der Waals surface area contributed by atoms with Crippen LogP contribution < -0.4 is 0 Å². The predicted octanol–water partition coefficient (Wildman–Crippen LogP) is 1.69. The molecule has 0 aromatic heterocycles. The normalized spacial score (nSPS) is 21.1. The summed E-state index contributed by atoms with van der Waals surface area (Å²) < 4.78 is 5.31. The SMILES string of the molecule is CC1CN(C(=O)OC(C)(C)C)CCN1O[C-]=CO.[Fm]. The molecule has 1 fully saturated rings. The topological polar surface area (TPSA) is 62.2 Å². The summed E-state index contributed by atoms with van der Waals surface area (Å²) >= 11 is 0. The molecule has 0 aromatic rings. The first kappa shape index (κ1) is 16.6. The van der Waals surface area contributed by atoms with Gasteiger partial charge in [0.05, 0.1) is 6.04 Å². The van der Waals surface area contributed by atoms with E-state index in [-0.39, 0.29) is 12.1 Å². The third-order valence-corrected chi connectivity index (χ3v) is 2.44. The number of carbonyl (C=O) groups excluding carboxylic acids is 1. The maximum Gasteiger partial charge on any atom is 0.410 e. The maximum absolute atomic E-state index is 11.9. The molecule has 0 bridgehead atoms. The van der Waals surface area contributed by atoms with Gasteiger partial charge in [-0.25, -0.2) is 11.1 Å². The van der Waals surface area contributed by atoms with Crippen LogP contribution in [0.25, 0.3) is 0 Å². The van der Waals surface area contributed by atoms with Crippen LogP contribution in [-0.2, 0) is 9.57 Å². The van der Waals surface area contributed by atoms with Crippen LogP contribution in [0.2, 0.25) is 0 Å². The number of aliphatic hydroxyl groups excluding tert-OH is 1. The average molecular weight is 514 g/mol. The molecule has 0 aromatic carbocycles. The molecule has 6 nitrogen and oxygen atoms in total. The van der Waals surface area contributed by atoms with Crippen LogP contribution in [-0.4, -0.2) is 52.4 Å². The zero-order valence-electron chi connectivity index (χ0n) is 11.6. The van der Waals surface area contributed by atoms with Gasteiger partial charge in [0.15, 0.2) is 0 Å². The largest absolute Gasteiger partial charge is 0.606 e. The van der Waals surface area contributed by atoms with Gasteiger partial charge in [-0.15, -0.1) is 0 Å². The fourth-order valence-electron chi connectivity index (χ4n) is 1.66. The molecule has 1 aliphatic heterocycles. The summed E-state index contributed by atoms with van der Waals surface area (Å²) in [6.45, 7) is 9.03. The number of ether oxygens (including phenoxy) is 1. The first-order valence-corrected chi connectivity index (χ1v) is 5.96. The zero-order chi connectivity index (χ0) is 13.8. The van der Waals surface area contributed by atoms with E-state index in [4.69, 9.17) is 14.7 Å². The van der Waals surface area contributed by atoms with Crippen LogP contribution in [0.3, 0.4) is 0 Å². The second-order valence-electron chi connectivity index (χ2n) is 5.25. The number of hydrogen-bond acceptors (Lipinski definition) is 5. The Hall–Kier alpha value is -2.43. The second-order valence-corrected chi connectivity index (χ2v) is 5.25. The Labute approximate surface area is 108 Å². The number of amides is 1. The third kappa shape index (κ3) is 5.16. The van der Waals surface area contributed by atoms with Gasteiger partial charge in [0.25, 0.3) is 0 Å². The molecular formula is C12H21FmN2O4-. The van der Waals surface area contributed by atoms with E-state index in [1.165, 1.54) is 0 Å². The van der Waals surface area contributed by atoms with Gasteiger partial charge < -0.3 is 19.6 Å². The van der Waals surface area contributed by atoms with Crippen LogP contribution >= 0.6 is 0 Å². The molecular weight excluding hydrogens is 493 g/mol. The summed E-state index contributed by atoms with van der Waals surface area (Å²) in [5.74, 6) is 0. The Morgan fingerprint density at radius 1 is 1.42 bits per heavy atom. The molecule has 7 heteroatoms. The molecule has 0 aliphatic carbocycles. The van der Waals surface area contributed by atoms with E-state index in [2.05, 4.69) is 6.26 Å². The van der Waals surface area contributed by atoms with Crippen molar-refractivity contribution in [1.82, 2.24) is 9.96 Å². The fourth-order valence-corrected chi connectivity index (χ4v) is 1.66. The van der Waals surface area contributed by atoms with Gasteiger partial charge in [-0.1, -0.05) is 6.26 Å². The van der Waals surface area contributed by atoms with E-state index in [9.17, 15) is 4.79 Å². The van der Waals surface area contributed by atoms with Crippen LogP contribution in [0.5, 0.6) is 0 Å². The minimum Gasteiger partial charge on any atom is -0.606 e. The molecule has 0 saturated carbocycles. The zero-order valence-corrected chi connectivity index (χ0v) is 14.0. The summed E-state index contributed by atoms with van der Waals surface area (Å²) in [4.78, 5) is 18.6. The van der Waals surface area contributed by atoms with Crippen molar-refractivity contribution in [1.29, 1.82) is 0 Å². The first-order valence-electron chi connectivity index (χ1n) is 5.96. The van der Waals surface area contributed by atoms with Crippen LogP contribution in [0, 0.1) is 6.26 Å². The molecule has 1 saturated heterocycles. The average Bonchev–Trinajstić information content (AvgIpc) is 2.25. The first-order chi connectivity index (χ1) is 8.33. The van der Waals surface area contributed by atoms with E-state index in [1.54, 1.807) is 9.96 Å². The number of nitrogens with zero attached hydrogens (tertiary/aromatic N) is 2. The fraction of sp³-hybridized carbons (Fsp3) is 0.750. The van der Waals surface area contributed by atoms with Crippen LogP contribution in [0.1, 0.15) is 27.7 Å². The van der Waals surface area contributed by atoms with E-state index in [0.717, 1.165) is 0 Å². The van der Waals surface area contributed by atoms with Gasteiger partial charge in [0.1, 0.15) is 5.60 Å².